The molecule has 22 heavy (non-hydrogen) atoms. The van der Waals surface area contributed by atoms with Crippen LogP contribution < -0.4 is 4.90 Å². The molecule has 0 radical (unpaired) electrons. The molecule has 4 atom stereocenters. The van der Waals surface area contributed by atoms with Crippen molar-refractivity contribution in [2.75, 3.05) is 18.6 Å². The number of nitrogens with zero attached hydrogens (tertiary/aromatic N) is 1. The van der Waals surface area contributed by atoms with Gasteiger partial charge in [-0.2, -0.15) is 0 Å². The number of fused-ring (bicyclic) bond motifs is 1. The lowest BCUT2D eigenvalue weighted by Gasteiger charge is -2.22. The number of anilines is 1. The van der Waals surface area contributed by atoms with E-state index in [1.54, 1.807) is 17.0 Å². The molecule has 3 aliphatic rings. The number of ether oxygens (including phenoxy) is 2. The van der Waals surface area contributed by atoms with E-state index in [4.69, 9.17) is 21.1 Å². The molecule has 1 aromatic rings. The van der Waals surface area contributed by atoms with E-state index in [2.05, 4.69) is 0 Å². The maximum Gasteiger partial charge on any atom is 0.312 e. The number of benzene rings is 1. The molecule has 3 aliphatic heterocycles. The summed E-state index contributed by atoms with van der Waals surface area (Å²) >= 11 is 6.21. The van der Waals surface area contributed by atoms with Crippen molar-refractivity contribution in [3.63, 3.8) is 0 Å². The molecule has 2 unspecified atom stereocenters. The van der Waals surface area contributed by atoms with Crippen LogP contribution in [0.2, 0.25) is 5.02 Å². The summed E-state index contributed by atoms with van der Waals surface area (Å²) < 4.78 is 10.8. The highest BCUT2D eigenvalue weighted by molar-refractivity contribution is 6.34. The van der Waals surface area contributed by atoms with Crippen molar-refractivity contribution >= 4 is 29.2 Å². The number of para-hydroxylation sites is 1. The van der Waals surface area contributed by atoms with Gasteiger partial charge in [0.1, 0.15) is 11.5 Å². The third-order valence-corrected chi connectivity index (χ3v) is 5.04. The summed E-state index contributed by atoms with van der Waals surface area (Å²) in [5.41, 5.74) is -0.109. The molecular weight excluding hydrogens is 306 g/mol. The zero-order valence-electron chi connectivity index (χ0n) is 11.9. The van der Waals surface area contributed by atoms with E-state index in [-0.39, 0.29) is 12.0 Å². The average molecular weight is 320 g/mol. The van der Waals surface area contributed by atoms with Crippen LogP contribution in [0.4, 0.5) is 5.69 Å². The lowest BCUT2D eigenvalue weighted by Crippen LogP contribution is -2.39. The molecule has 6 heteroatoms. The largest absolute Gasteiger partial charge is 0.469 e. The lowest BCUT2D eigenvalue weighted by molar-refractivity contribution is -0.149. The standard InChI is InChI=1S/C16H14ClNO4/c1-21-15(20)12-11-6-7-16(22-11)8-18(14(19)13(12)16)10-5-3-2-4-9(10)17/h2-7,11-13H,8H2,1H3/t11-,12?,13-,16?/m1/s1. The van der Waals surface area contributed by atoms with E-state index in [0.717, 1.165) is 0 Å². The minimum absolute atomic E-state index is 0.143. The first-order valence-electron chi connectivity index (χ1n) is 7.08. The molecule has 2 saturated heterocycles. The fourth-order valence-corrected chi connectivity index (χ4v) is 4.02. The fraction of sp³-hybridized carbons (Fsp3) is 0.375. The van der Waals surface area contributed by atoms with Gasteiger partial charge in [-0.3, -0.25) is 9.59 Å². The number of hydrogen-bond donors (Lipinski definition) is 0. The monoisotopic (exact) mass is 319 g/mol. The van der Waals surface area contributed by atoms with Crippen molar-refractivity contribution in [1.82, 2.24) is 0 Å². The Labute approximate surface area is 132 Å². The van der Waals surface area contributed by atoms with Gasteiger partial charge in [0.25, 0.3) is 0 Å². The average Bonchev–Trinajstić information content (AvgIpc) is 3.15. The zero-order valence-corrected chi connectivity index (χ0v) is 12.6. The van der Waals surface area contributed by atoms with E-state index < -0.39 is 23.4 Å². The fourth-order valence-electron chi connectivity index (χ4n) is 3.78. The highest BCUT2D eigenvalue weighted by Gasteiger charge is 2.67. The Bertz CT molecular complexity index is 703. The molecule has 114 valence electrons. The molecule has 0 aliphatic carbocycles. The number of amides is 1. The minimum Gasteiger partial charge on any atom is -0.469 e. The maximum absolute atomic E-state index is 12.9. The van der Waals surface area contributed by atoms with E-state index >= 15 is 0 Å². The van der Waals surface area contributed by atoms with Crippen molar-refractivity contribution in [1.29, 1.82) is 0 Å². The van der Waals surface area contributed by atoms with Crippen LogP contribution in [-0.4, -0.2) is 37.2 Å². The Morgan fingerprint density at radius 3 is 2.95 bits per heavy atom. The van der Waals surface area contributed by atoms with Crippen LogP contribution in [0, 0.1) is 11.8 Å². The first-order chi connectivity index (χ1) is 10.6. The molecular formula is C16H14ClNO4. The van der Waals surface area contributed by atoms with Crippen LogP contribution in [0.1, 0.15) is 0 Å². The molecule has 2 bridgehead atoms. The molecule has 0 aromatic heterocycles. The van der Waals surface area contributed by atoms with Crippen LogP contribution in [0.15, 0.2) is 36.4 Å². The van der Waals surface area contributed by atoms with Crippen LogP contribution in [0.25, 0.3) is 0 Å². The Morgan fingerprint density at radius 1 is 1.45 bits per heavy atom. The Balaban J connectivity index is 1.75. The topological polar surface area (TPSA) is 55.8 Å². The van der Waals surface area contributed by atoms with Gasteiger partial charge in [-0.25, -0.2) is 0 Å². The number of halogens is 1. The molecule has 1 amide bonds. The van der Waals surface area contributed by atoms with Crippen molar-refractivity contribution in [2.24, 2.45) is 11.8 Å². The van der Waals surface area contributed by atoms with Gasteiger partial charge in [0.05, 0.1) is 36.4 Å². The van der Waals surface area contributed by atoms with Crippen LogP contribution in [-0.2, 0) is 19.1 Å². The smallest absolute Gasteiger partial charge is 0.312 e. The molecule has 1 aromatic carbocycles. The summed E-state index contributed by atoms with van der Waals surface area (Å²) in [6, 6.07) is 7.17. The lowest BCUT2D eigenvalue weighted by atomic mass is 9.77. The highest BCUT2D eigenvalue weighted by Crippen LogP contribution is 2.53. The quantitative estimate of drug-likeness (QED) is 0.616. The van der Waals surface area contributed by atoms with E-state index in [1.165, 1.54) is 7.11 Å². The number of hydrogen-bond acceptors (Lipinski definition) is 4. The third kappa shape index (κ3) is 1.63. The summed E-state index contributed by atoms with van der Waals surface area (Å²) in [5, 5.41) is 0.500. The van der Waals surface area contributed by atoms with Gasteiger partial charge in [-0.05, 0) is 12.1 Å². The third-order valence-electron chi connectivity index (χ3n) is 4.72. The van der Waals surface area contributed by atoms with Gasteiger partial charge in [-0.15, -0.1) is 0 Å². The van der Waals surface area contributed by atoms with Gasteiger partial charge < -0.3 is 14.4 Å². The van der Waals surface area contributed by atoms with Crippen LogP contribution in [0.5, 0.6) is 0 Å². The predicted octanol–water partition coefficient (Wildman–Crippen LogP) is 1.80. The molecule has 2 fully saturated rings. The van der Waals surface area contributed by atoms with Gasteiger partial charge in [-0.1, -0.05) is 35.9 Å². The second kappa shape index (κ2) is 4.57. The number of esters is 1. The van der Waals surface area contributed by atoms with Crippen molar-refractivity contribution in [2.45, 2.75) is 11.7 Å². The van der Waals surface area contributed by atoms with Gasteiger partial charge in [0, 0.05) is 0 Å². The van der Waals surface area contributed by atoms with Crippen molar-refractivity contribution in [3.8, 4) is 0 Å². The Hall–Kier alpha value is -1.85. The van der Waals surface area contributed by atoms with E-state index in [0.29, 0.717) is 17.3 Å². The summed E-state index contributed by atoms with van der Waals surface area (Å²) in [5.74, 6) is -1.69. The van der Waals surface area contributed by atoms with E-state index in [9.17, 15) is 9.59 Å². The second-order valence-corrected chi connectivity index (χ2v) is 6.21. The summed E-state index contributed by atoms with van der Waals surface area (Å²) in [7, 11) is 1.33. The van der Waals surface area contributed by atoms with E-state index in [1.807, 2.05) is 24.3 Å². The van der Waals surface area contributed by atoms with Gasteiger partial charge in [0.15, 0.2) is 0 Å². The molecule has 1 spiro atoms. The molecule has 4 rings (SSSR count). The summed E-state index contributed by atoms with van der Waals surface area (Å²) in [6.07, 6.45) is 3.37. The Morgan fingerprint density at radius 2 is 2.23 bits per heavy atom. The molecule has 0 N–H and O–H groups in total. The molecule has 0 saturated carbocycles. The first kappa shape index (κ1) is 13.8. The highest BCUT2D eigenvalue weighted by atomic mass is 35.5. The summed E-state index contributed by atoms with van der Waals surface area (Å²) in [4.78, 5) is 26.6. The number of carbonyl (C=O) groups is 2. The summed E-state index contributed by atoms with van der Waals surface area (Å²) in [6.45, 7) is 0.362. The molecule has 5 nitrogen and oxygen atoms in total. The number of carbonyl (C=O) groups excluding carboxylic acids is 2. The minimum atomic E-state index is -0.750. The Kier molecular flexibility index (Phi) is 2.86. The van der Waals surface area contributed by atoms with Crippen LogP contribution in [0.3, 0.4) is 0 Å². The number of methoxy groups -OCH3 is 1. The second-order valence-electron chi connectivity index (χ2n) is 5.80. The number of rotatable bonds is 2. The normalized spacial score (nSPS) is 35.1. The van der Waals surface area contributed by atoms with Gasteiger partial charge >= 0.3 is 5.97 Å². The predicted molar refractivity (Wildman–Crippen MR) is 79.5 cm³/mol. The van der Waals surface area contributed by atoms with Crippen molar-refractivity contribution < 1.29 is 19.1 Å². The molecule has 3 heterocycles. The SMILES string of the molecule is COC(=O)C1[C@H]2C=CC3(CN(c4ccccc4Cl)C(=O)[C@@H]13)O2. The first-order valence-corrected chi connectivity index (χ1v) is 7.46. The zero-order chi connectivity index (χ0) is 15.5. The maximum atomic E-state index is 12.9. The van der Waals surface area contributed by atoms with Crippen molar-refractivity contribution in [3.05, 3.63) is 41.4 Å². The van der Waals surface area contributed by atoms with Crippen LogP contribution >= 0.6 is 11.6 Å². The van der Waals surface area contributed by atoms with Gasteiger partial charge in [0.2, 0.25) is 5.91 Å².